The molecule has 0 atom stereocenters. The summed E-state index contributed by atoms with van der Waals surface area (Å²) in [6.07, 6.45) is 0. The molecule has 0 aliphatic rings. The second kappa shape index (κ2) is 14.1. The van der Waals surface area contributed by atoms with Crippen molar-refractivity contribution in [2.45, 2.75) is 19.6 Å². The molecule has 0 N–H and O–H groups in total. The van der Waals surface area contributed by atoms with E-state index in [1.165, 1.54) is 87.3 Å². The quantitative estimate of drug-likeness (QED) is 0.116. The van der Waals surface area contributed by atoms with Crippen LogP contribution in [0.4, 0.5) is 17.1 Å². The predicted molar refractivity (Wildman–Crippen MR) is 250 cm³/mol. The zero-order chi connectivity index (χ0) is 38.5. The Morgan fingerprint density at radius 1 is 0.351 bits per heavy atom. The van der Waals surface area contributed by atoms with E-state index in [1.807, 2.05) is 0 Å². The highest BCUT2D eigenvalue weighted by molar-refractivity contribution is 6.88. The molecule has 0 unspecified atom stereocenters. The number of hydrogen-bond donors (Lipinski definition) is 0. The lowest BCUT2D eigenvalue weighted by atomic mass is 9.81. The van der Waals surface area contributed by atoms with Gasteiger partial charge in [-0.2, -0.15) is 0 Å². The molecular weight excluding hydrogens is 703 g/mol. The van der Waals surface area contributed by atoms with Crippen LogP contribution in [0.15, 0.2) is 206 Å². The molecule has 0 aliphatic carbocycles. The third kappa shape index (κ3) is 6.10. The molecule has 0 saturated heterocycles. The van der Waals surface area contributed by atoms with Crippen molar-refractivity contribution in [3.8, 4) is 33.4 Å². The van der Waals surface area contributed by atoms with E-state index in [-0.39, 0.29) is 0 Å². The Hall–Kier alpha value is -6.74. The fourth-order valence-corrected chi connectivity index (χ4v) is 9.98. The molecule has 1 nitrogen and oxygen atoms in total. The zero-order valence-corrected chi connectivity index (χ0v) is 33.6. The van der Waals surface area contributed by atoms with Gasteiger partial charge in [0.2, 0.25) is 0 Å². The molecule has 0 radical (unpaired) electrons. The van der Waals surface area contributed by atoms with Crippen molar-refractivity contribution in [2.75, 3.05) is 4.90 Å². The van der Waals surface area contributed by atoms with Crippen molar-refractivity contribution >= 4 is 73.4 Å². The van der Waals surface area contributed by atoms with Crippen LogP contribution in [0.3, 0.4) is 0 Å². The van der Waals surface area contributed by atoms with Crippen LogP contribution in [-0.2, 0) is 0 Å². The largest absolute Gasteiger partial charge is 0.310 e. The summed E-state index contributed by atoms with van der Waals surface area (Å²) in [6.45, 7) is 7.25. The van der Waals surface area contributed by atoms with Crippen LogP contribution in [0.25, 0.3) is 76.5 Å². The van der Waals surface area contributed by atoms with E-state index in [0.29, 0.717) is 0 Å². The molecule has 10 aromatic rings. The van der Waals surface area contributed by atoms with E-state index in [4.69, 9.17) is 0 Å². The van der Waals surface area contributed by atoms with Gasteiger partial charge in [0.05, 0.1) is 13.8 Å². The van der Waals surface area contributed by atoms with Crippen molar-refractivity contribution in [3.63, 3.8) is 0 Å². The van der Waals surface area contributed by atoms with Gasteiger partial charge in [-0.25, -0.2) is 0 Å². The van der Waals surface area contributed by atoms with Gasteiger partial charge in [-0.3, -0.25) is 0 Å². The van der Waals surface area contributed by atoms with Crippen molar-refractivity contribution in [2.24, 2.45) is 0 Å². The highest BCUT2D eigenvalue weighted by Gasteiger charge is 2.24. The van der Waals surface area contributed by atoms with Gasteiger partial charge in [0.1, 0.15) is 0 Å². The summed E-state index contributed by atoms with van der Waals surface area (Å²) in [7, 11) is -1.50. The first-order valence-electron chi connectivity index (χ1n) is 19.9. The number of fused-ring (bicyclic) bond motifs is 7. The molecule has 0 aromatic heterocycles. The summed E-state index contributed by atoms with van der Waals surface area (Å²) in [5, 5.41) is 11.4. The van der Waals surface area contributed by atoms with Crippen LogP contribution in [0.5, 0.6) is 0 Å². The Bertz CT molecular complexity index is 3070. The van der Waals surface area contributed by atoms with Crippen molar-refractivity contribution in [3.05, 3.63) is 206 Å². The summed E-state index contributed by atoms with van der Waals surface area (Å²) in [5.74, 6) is 0. The average molecular weight is 746 g/mol. The maximum absolute atomic E-state index is 2.46. The second-order valence-corrected chi connectivity index (χ2v) is 21.2. The lowest BCUT2D eigenvalue weighted by molar-refractivity contribution is 1.31. The van der Waals surface area contributed by atoms with Gasteiger partial charge in [0, 0.05) is 16.8 Å². The van der Waals surface area contributed by atoms with E-state index >= 15 is 0 Å². The second-order valence-electron chi connectivity index (χ2n) is 16.1. The molecule has 2 heteroatoms. The Morgan fingerprint density at radius 3 is 1.54 bits per heavy atom. The maximum atomic E-state index is 2.46. The molecule has 10 aromatic carbocycles. The lowest BCUT2D eigenvalue weighted by Crippen LogP contribution is -2.37. The summed E-state index contributed by atoms with van der Waals surface area (Å²) in [6, 6.07) is 76.2. The highest BCUT2D eigenvalue weighted by Crippen LogP contribution is 2.50. The summed E-state index contributed by atoms with van der Waals surface area (Å²) < 4.78 is 0. The van der Waals surface area contributed by atoms with E-state index in [0.717, 1.165) is 11.4 Å². The fourth-order valence-electron chi connectivity index (χ4n) is 8.82. The minimum Gasteiger partial charge on any atom is -0.310 e. The Morgan fingerprint density at radius 2 is 0.877 bits per heavy atom. The monoisotopic (exact) mass is 745 g/mol. The van der Waals surface area contributed by atoms with Crippen LogP contribution in [0.1, 0.15) is 0 Å². The van der Waals surface area contributed by atoms with Crippen LogP contribution in [0.2, 0.25) is 19.6 Å². The molecule has 10 rings (SSSR count). The number of nitrogens with zero attached hydrogens (tertiary/aromatic N) is 1. The first-order chi connectivity index (χ1) is 27.9. The first-order valence-corrected chi connectivity index (χ1v) is 23.4. The van der Waals surface area contributed by atoms with Crippen molar-refractivity contribution in [1.82, 2.24) is 0 Å². The topological polar surface area (TPSA) is 3.24 Å². The smallest absolute Gasteiger partial charge is 0.0775 e. The minimum absolute atomic E-state index is 1.13. The third-order valence-electron chi connectivity index (χ3n) is 11.6. The predicted octanol–water partition coefficient (Wildman–Crippen LogP) is 15.3. The lowest BCUT2D eigenvalue weighted by Gasteiger charge is -2.28. The van der Waals surface area contributed by atoms with E-state index in [9.17, 15) is 0 Å². The molecule has 0 spiro atoms. The van der Waals surface area contributed by atoms with Crippen LogP contribution >= 0.6 is 0 Å². The van der Waals surface area contributed by atoms with Gasteiger partial charge in [-0.05, 0) is 107 Å². The van der Waals surface area contributed by atoms with E-state index in [1.54, 1.807) is 0 Å². The molecule has 0 amide bonds. The summed E-state index contributed by atoms with van der Waals surface area (Å²) in [4.78, 5) is 2.46. The van der Waals surface area contributed by atoms with Crippen LogP contribution < -0.4 is 10.1 Å². The van der Waals surface area contributed by atoms with Gasteiger partial charge in [0.25, 0.3) is 0 Å². The van der Waals surface area contributed by atoms with E-state index in [2.05, 4.69) is 231 Å². The summed E-state index contributed by atoms with van der Waals surface area (Å²) >= 11 is 0. The maximum Gasteiger partial charge on any atom is 0.0775 e. The van der Waals surface area contributed by atoms with Gasteiger partial charge in [-0.1, -0.05) is 195 Å². The molecule has 0 saturated carbocycles. The Labute approximate surface area is 336 Å². The molecule has 0 fully saturated rings. The van der Waals surface area contributed by atoms with Gasteiger partial charge in [-0.15, -0.1) is 0 Å². The minimum atomic E-state index is -1.50. The van der Waals surface area contributed by atoms with Crippen LogP contribution in [-0.4, -0.2) is 8.07 Å². The van der Waals surface area contributed by atoms with Gasteiger partial charge in [0.15, 0.2) is 0 Å². The first kappa shape index (κ1) is 34.7. The number of hydrogen-bond acceptors (Lipinski definition) is 1. The van der Waals surface area contributed by atoms with Crippen LogP contribution in [0, 0.1) is 0 Å². The standard InChI is InChI=1S/C55H43NSi/c1-57(2,3)44-33-30-42(31-34-44)56(52-29-17-25-38-22-13-14-26-45(38)52)43-32-35-48-51(36-43)46-27-15-16-28-47(46)54-50(40-20-9-5-10-21-40)37-49(39-18-7-4-8-19-39)53(55(48)54)41-23-11-6-12-24-41/h4-37H,1-3H3. The van der Waals surface area contributed by atoms with Gasteiger partial charge >= 0.3 is 0 Å². The molecule has 0 aliphatic heterocycles. The molecular formula is C55H43NSi. The Balaban J connectivity index is 1.35. The summed E-state index contributed by atoms with van der Waals surface area (Å²) in [5.41, 5.74) is 10.8. The van der Waals surface area contributed by atoms with Crippen molar-refractivity contribution < 1.29 is 0 Å². The fraction of sp³-hybridized carbons (Fsp3) is 0.0545. The Kier molecular flexibility index (Phi) is 8.58. The van der Waals surface area contributed by atoms with Gasteiger partial charge < -0.3 is 4.90 Å². The molecule has 57 heavy (non-hydrogen) atoms. The molecule has 0 heterocycles. The van der Waals surface area contributed by atoms with Crippen molar-refractivity contribution in [1.29, 1.82) is 0 Å². The average Bonchev–Trinajstić information content (AvgIpc) is 3.27. The number of rotatable bonds is 7. The number of anilines is 3. The highest BCUT2D eigenvalue weighted by atomic mass is 28.3. The normalized spacial score (nSPS) is 11.8. The number of benzene rings is 10. The SMILES string of the molecule is C[Si](C)(C)c1ccc(N(c2ccc3c(c2)c2ccccc2c2c(-c4ccccc4)cc(-c4ccccc4)c(-c4ccccc4)c32)c2cccc3ccccc23)cc1. The molecule has 272 valence electrons. The molecule has 0 bridgehead atoms. The van der Waals surface area contributed by atoms with E-state index < -0.39 is 8.07 Å². The zero-order valence-electron chi connectivity index (χ0n) is 32.6. The third-order valence-corrected chi connectivity index (χ3v) is 13.6.